The molecule has 0 spiro atoms. The van der Waals surface area contributed by atoms with Crippen molar-refractivity contribution in [3.05, 3.63) is 35.9 Å². The second-order valence-corrected chi connectivity index (χ2v) is 3.90. The predicted octanol–water partition coefficient (Wildman–Crippen LogP) is 2.38. The summed E-state index contributed by atoms with van der Waals surface area (Å²) in [6.07, 6.45) is 0.874. The number of benzene rings is 1. The summed E-state index contributed by atoms with van der Waals surface area (Å²) < 4.78 is 0. The first-order valence-electron chi connectivity index (χ1n) is 5.67. The van der Waals surface area contributed by atoms with E-state index in [1.54, 1.807) is 0 Å². The van der Waals surface area contributed by atoms with Crippen molar-refractivity contribution in [2.45, 2.75) is 32.2 Å². The average Bonchev–Trinajstić information content (AvgIpc) is 2.29. The molecule has 0 heterocycles. The van der Waals surface area contributed by atoms with Crippen LogP contribution in [0.15, 0.2) is 30.3 Å². The topological polar surface area (TPSA) is 49.3 Å². The number of aliphatic carboxylic acids is 1. The molecule has 0 aliphatic rings. The van der Waals surface area contributed by atoms with Crippen LogP contribution < -0.4 is 5.32 Å². The Morgan fingerprint density at radius 1 is 1.31 bits per heavy atom. The van der Waals surface area contributed by atoms with Crippen molar-refractivity contribution in [2.24, 2.45) is 0 Å². The smallest absolute Gasteiger partial charge is 0.305 e. The minimum atomic E-state index is -0.772. The van der Waals surface area contributed by atoms with Gasteiger partial charge in [0, 0.05) is 0 Å². The molecular weight excluding hydrogens is 202 g/mol. The average molecular weight is 221 g/mol. The summed E-state index contributed by atoms with van der Waals surface area (Å²) >= 11 is 0. The van der Waals surface area contributed by atoms with Crippen LogP contribution in [-0.2, 0) is 10.3 Å². The van der Waals surface area contributed by atoms with Crippen molar-refractivity contribution in [2.75, 3.05) is 6.54 Å². The molecule has 1 unspecified atom stereocenters. The molecule has 3 nitrogen and oxygen atoms in total. The normalized spacial score (nSPS) is 14.4. The van der Waals surface area contributed by atoms with E-state index in [0.717, 1.165) is 18.5 Å². The molecule has 2 N–H and O–H groups in total. The summed E-state index contributed by atoms with van der Waals surface area (Å²) in [5, 5.41) is 12.3. The second kappa shape index (κ2) is 5.66. The van der Waals surface area contributed by atoms with Crippen molar-refractivity contribution in [1.82, 2.24) is 5.32 Å². The molecule has 16 heavy (non-hydrogen) atoms. The van der Waals surface area contributed by atoms with Gasteiger partial charge in [0.25, 0.3) is 0 Å². The van der Waals surface area contributed by atoms with Gasteiger partial charge in [-0.25, -0.2) is 0 Å². The quantitative estimate of drug-likeness (QED) is 0.775. The standard InChI is InChI=1S/C13H19NO2/c1-3-13(14-4-2,10-12(15)16)11-8-6-5-7-9-11/h5-9,14H,3-4,10H2,1-2H3,(H,15,16). The first-order valence-corrected chi connectivity index (χ1v) is 5.67. The van der Waals surface area contributed by atoms with Crippen molar-refractivity contribution in [1.29, 1.82) is 0 Å². The Bertz CT molecular complexity index is 337. The molecule has 1 atom stereocenters. The van der Waals surface area contributed by atoms with Crippen LogP contribution in [0.1, 0.15) is 32.3 Å². The monoisotopic (exact) mass is 221 g/mol. The van der Waals surface area contributed by atoms with Gasteiger partial charge in [-0.05, 0) is 18.5 Å². The van der Waals surface area contributed by atoms with E-state index in [9.17, 15) is 4.79 Å². The molecule has 3 heteroatoms. The first kappa shape index (κ1) is 12.7. The maximum absolute atomic E-state index is 11.0. The Morgan fingerprint density at radius 2 is 1.94 bits per heavy atom. The van der Waals surface area contributed by atoms with E-state index in [4.69, 9.17) is 5.11 Å². The zero-order valence-electron chi connectivity index (χ0n) is 9.86. The van der Waals surface area contributed by atoms with Crippen LogP contribution in [0.25, 0.3) is 0 Å². The summed E-state index contributed by atoms with van der Waals surface area (Å²) in [6.45, 7) is 4.77. The second-order valence-electron chi connectivity index (χ2n) is 3.90. The minimum Gasteiger partial charge on any atom is -0.481 e. The lowest BCUT2D eigenvalue weighted by Gasteiger charge is -2.33. The molecule has 0 bridgehead atoms. The van der Waals surface area contributed by atoms with E-state index in [1.807, 2.05) is 44.2 Å². The third-order valence-electron chi connectivity index (χ3n) is 2.90. The molecule has 0 fully saturated rings. The molecule has 0 saturated heterocycles. The lowest BCUT2D eigenvalue weighted by molar-refractivity contribution is -0.139. The van der Waals surface area contributed by atoms with Crippen molar-refractivity contribution in [3.8, 4) is 0 Å². The Morgan fingerprint density at radius 3 is 2.38 bits per heavy atom. The summed E-state index contributed by atoms with van der Waals surface area (Å²) in [4.78, 5) is 11.0. The van der Waals surface area contributed by atoms with Crippen LogP contribution in [0.4, 0.5) is 0 Å². The number of carboxylic acids is 1. The van der Waals surface area contributed by atoms with E-state index in [-0.39, 0.29) is 6.42 Å². The van der Waals surface area contributed by atoms with Crippen LogP contribution in [-0.4, -0.2) is 17.6 Å². The van der Waals surface area contributed by atoms with E-state index in [2.05, 4.69) is 5.32 Å². The van der Waals surface area contributed by atoms with Gasteiger partial charge in [-0.3, -0.25) is 4.79 Å². The molecule has 0 amide bonds. The van der Waals surface area contributed by atoms with Crippen LogP contribution >= 0.6 is 0 Å². The largest absolute Gasteiger partial charge is 0.481 e. The fourth-order valence-corrected chi connectivity index (χ4v) is 2.07. The predicted molar refractivity (Wildman–Crippen MR) is 64.3 cm³/mol. The molecule has 0 saturated carbocycles. The lowest BCUT2D eigenvalue weighted by atomic mass is 9.84. The van der Waals surface area contributed by atoms with Crippen LogP contribution in [0, 0.1) is 0 Å². The lowest BCUT2D eigenvalue weighted by Crippen LogP contribution is -2.43. The number of hydrogen-bond acceptors (Lipinski definition) is 2. The maximum atomic E-state index is 11.0. The number of hydrogen-bond donors (Lipinski definition) is 2. The third kappa shape index (κ3) is 2.83. The van der Waals surface area contributed by atoms with Gasteiger partial charge in [0.1, 0.15) is 0 Å². The fourth-order valence-electron chi connectivity index (χ4n) is 2.07. The molecule has 1 aromatic carbocycles. The zero-order chi connectivity index (χ0) is 12.0. The Kier molecular flexibility index (Phi) is 4.50. The van der Waals surface area contributed by atoms with Crippen LogP contribution in [0.2, 0.25) is 0 Å². The summed E-state index contributed by atoms with van der Waals surface area (Å²) in [7, 11) is 0. The Balaban J connectivity index is 3.06. The highest BCUT2D eigenvalue weighted by atomic mass is 16.4. The van der Waals surface area contributed by atoms with Gasteiger partial charge in [0.05, 0.1) is 12.0 Å². The molecule has 0 aliphatic heterocycles. The maximum Gasteiger partial charge on any atom is 0.305 e. The van der Waals surface area contributed by atoms with Gasteiger partial charge in [-0.2, -0.15) is 0 Å². The van der Waals surface area contributed by atoms with Gasteiger partial charge in [0.15, 0.2) is 0 Å². The minimum absolute atomic E-state index is 0.112. The van der Waals surface area contributed by atoms with Gasteiger partial charge >= 0.3 is 5.97 Å². The SMILES string of the molecule is CCNC(CC)(CC(=O)O)c1ccccc1. The highest BCUT2D eigenvalue weighted by Gasteiger charge is 2.31. The Labute approximate surface area is 96.5 Å². The van der Waals surface area contributed by atoms with E-state index in [1.165, 1.54) is 0 Å². The summed E-state index contributed by atoms with van der Waals surface area (Å²) in [5.74, 6) is -0.772. The van der Waals surface area contributed by atoms with Gasteiger partial charge in [0.2, 0.25) is 0 Å². The molecule has 0 aliphatic carbocycles. The van der Waals surface area contributed by atoms with E-state index < -0.39 is 11.5 Å². The van der Waals surface area contributed by atoms with Crippen LogP contribution in [0.3, 0.4) is 0 Å². The van der Waals surface area contributed by atoms with Gasteiger partial charge in [-0.1, -0.05) is 44.2 Å². The van der Waals surface area contributed by atoms with Gasteiger partial charge < -0.3 is 10.4 Å². The summed E-state index contributed by atoms with van der Waals surface area (Å²) in [6, 6.07) is 9.79. The van der Waals surface area contributed by atoms with Crippen molar-refractivity contribution < 1.29 is 9.90 Å². The number of nitrogens with one attached hydrogen (secondary N) is 1. The summed E-state index contributed by atoms with van der Waals surface area (Å²) in [5.41, 5.74) is 0.601. The molecule has 0 radical (unpaired) electrons. The van der Waals surface area contributed by atoms with Gasteiger partial charge in [-0.15, -0.1) is 0 Å². The molecule has 1 aromatic rings. The van der Waals surface area contributed by atoms with E-state index in [0.29, 0.717) is 0 Å². The highest BCUT2D eigenvalue weighted by molar-refractivity contribution is 5.69. The van der Waals surface area contributed by atoms with Crippen molar-refractivity contribution >= 4 is 5.97 Å². The Hall–Kier alpha value is -1.35. The van der Waals surface area contributed by atoms with Crippen LogP contribution in [0.5, 0.6) is 0 Å². The number of carbonyl (C=O) groups is 1. The molecule has 1 rings (SSSR count). The number of carboxylic acid groups (broad SMARTS) is 1. The van der Waals surface area contributed by atoms with Crippen molar-refractivity contribution in [3.63, 3.8) is 0 Å². The molecule has 0 aromatic heterocycles. The highest BCUT2D eigenvalue weighted by Crippen LogP contribution is 2.28. The number of rotatable bonds is 6. The zero-order valence-corrected chi connectivity index (χ0v) is 9.86. The van der Waals surface area contributed by atoms with E-state index >= 15 is 0 Å². The third-order valence-corrected chi connectivity index (χ3v) is 2.90. The first-order chi connectivity index (χ1) is 7.64. The molecular formula is C13H19NO2. The fraction of sp³-hybridized carbons (Fsp3) is 0.462. The molecule has 88 valence electrons.